The van der Waals surface area contributed by atoms with Gasteiger partial charge in [0.05, 0.1) is 78.2 Å². The zero-order valence-corrected chi connectivity index (χ0v) is 67.0. The lowest BCUT2D eigenvalue weighted by Crippen LogP contribution is -2.71. The molecular formula is C69H116N4O53. The first kappa shape index (κ1) is 104. The van der Waals surface area contributed by atoms with Crippen LogP contribution in [-0.2, 0) is 109 Å². The number of hydrogen-bond donors (Lipinski definition) is 34. The van der Waals surface area contributed by atoms with Crippen LogP contribution in [0.1, 0.15) is 27.2 Å². The van der Waals surface area contributed by atoms with Crippen LogP contribution in [0.2, 0.25) is 0 Å². The molecule has 0 aromatic rings. The largest absolute Gasteiger partial charge is 0.477 e. The molecule has 51 atom stereocenters. The van der Waals surface area contributed by atoms with E-state index in [0.29, 0.717) is 0 Å². The Hall–Kier alpha value is -4.08. The smallest absolute Gasteiger partial charge is 0.364 e. The van der Waals surface area contributed by atoms with Gasteiger partial charge in [-0.25, -0.2) is 4.79 Å². The van der Waals surface area contributed by atoms with Crippen LogP contribution >= 0.6 is 0 Å². The number of nitrogens with two attached hydrogens (primary N) is 1. The summed E-state index contributed by atoms with van der Waals surface area (Å²) in [5.41, 5.74) is 6.00. The van der Waals surface area contributed by atoms with Crippen molar-refractivity contribution in [1.82, 2.24) is 16.0 Å². The lowest BCUT2D eigenvalue weighted by atomic mass is 9.88. The molecule has 10 saturated heterocycles. The molecule has 0 unspecified atom stereocenters. The highest BCUT2D eigenvalue weighted by molar-refractivity contribution is 5.76. The van der Waals surface area contributed by atoms with Crippen LogP contribution in [0.5, 0.6) is 0 Å². The highest BCUT2D eigenvalue weighted by atomic mass is 16.8. The molecule has 730 valence electrons. The Kier molecular flexibility index (Phi) is 37.0. The second kappa shape index (κ2) is 44.8. The van der Waals surface area contributed by atoms with Gasteiger partial charge in [-0.1, -0.05) is 0 Å². The standard InChI is InChI=1S/C69H116N4O53/c1-15(82)71-30-40(94)51(24(10-79)110-59(30)105)119-60-31(72-16(2)83)41(95)52(25(11-80)115-60)120-65-49(103)56(39(93)28(118-65)14-109-63-48(102)55(122-64-47(101)44(98)35(89)21(7-76)112-64)38(92)27(117-63)13-108-62-46(100)43(97)34(88)20(6-75)111-62)123-67-58(45(99)36(90)22(8-77)114-67)124-61-32(73-17(3)84)42(96)53(26(12-81)116-61)121-66-50(104)57(37(91)23(9-78)113-66)126-69(68(106)107)4-18(85)29(70)54(125-69)33(87)19(86)5-74/h18-67,74-81,85-105H,4-14,70H2,1-3H3,(H,71,82)(H,72,83)(H,73,84)(H,106,107)/t18-,19+,20+,21+,22+,23+,24+,25+,26+,27+,28+,29+,30+,31+,32+,33+,34+,35+,36+,37-,38+,39+,40+,41+,42+,43-,44-,45-,46-,47-,48-,49-,50+,51+,52+,53+,54+,55-,56-,57-,58-,59+,60-,61-,62-,63-,64+,65-,66-,67+,69-/m0/s1. The number of ether oxygens (including phenoxy) is 19. The van der Waals surface area contributed by atoms with Crippen molar-refractivity contribution >= 4 is 23.7 Å². The molecule has 0 aliphatic carbocycles. The van der Waals surface area contributed by atoms with Gasteiger partial charge in [-0.3, -0.25) is 14.4 Å². The Labute approximate surface area is 711 Å². The molecule has 57 nitrogen and oxygen atoms in total. The van der Waals surface area contributed by atoms with Crippen molar-refractivity contribution in [2.24, 2.45) is 5.73 Å². The minimum Gasteiger partial charge on any atom is -0.477 e. The average molecular weight is 1850 g/mol. The summed E-state index contributed by atoms with van der Waals surface area (Å²) < 4.78 is 111. The number of carbonyl (C=O) groups is 4. The Morgan fingerprint density at radius 3 is 1.11 bits per heavy atom. The Morgan fingerprint density at radius 2 is 0.667 bits per heavy atom. The molecule has 0 aromatic carbocycles. The number of rotatable bonds is 34. The van der Waals surface area contributed by atoms with Crippen LogP contribution in [0.3, 0.4) is 0 Å². The van der Waals surface area contributed by atoms with Gasteiger partial charge in [0.2, 0.25) is 17.7 Å². The molecule has 0 saturated carbocycles. The van der Waals surface area contributed by atoms with Crippen molar-refractivity contribution in [2.45, 2.75) is 340 Å². The third-order valence-electron chi connectivity index (χ3n) is 23.1. The van der Waals surface area contributed by atoms with Gasteiger partial charge in [-0.15, -0.1) is 0 Å². The number of amides is 3. The van der Waals surface area contributed by atoms with Crippen LogP contribution in [0.4, 0.5) is 0 Å². The molecule has 0 spiro atoms. The van der Waals surface area contributed by atoms with Gasteiger partial charge in [0.25, 0.3) is 5.79 Å². The topological polar surface area (TPSA) is 913 Å². The average Bonchev–Trinajstić information content (AvgIpc) is 0.754. The van der Waals surface area contributed by atoms with Crippen molar-refractivity contribution in [3.63, 3.8) is 0 Å². The number of nitrogens with one attached hydrogen (secondary N) is 3. The molecule has 0 bridgehead atoms. The maximum Gasteiger partial charge on any atom is 0.364 e. The van der Waals surface area contributed by atoms with Gasteiger partial charge in [-0.2, -0.15) is 0 Å². The zero-order chi connectivity index (χ0) is 93.0. The van der Waals surface area contributed by atoms with E-state index in [-0.39, 0.29) is 0 Å². The van der Waals surface area contributed by atoms with E-state index in [4.69, 9.17) is 95.7 Å². The molecule has 10 rings (SSSR count). The predicted octanol–water partition coefficient (Wildman–Crippen LogP) is -23.2. The fraction of sp³-hybridized carbons (Fsp3) is 0.942. The highest BCUT2D eigenvalue weighted by Crippen LogP contribution is 2.42. The van der Waals surface area contributed by atoms with Crippen molar-refractivity contribution in [2.75, 3.05) is 66.1 Å². The molecule has 126 heavy (non-hydrogen) atoms. The first-order chi connectivity index (χ1) is 59.5. The van der Waals surface area contributed by atoms with Crippen LogP contribution in [0.15, 0.2) is 0 Å². The molecule has 57 heteroatoms. The summed E-state index contributed by atoms with van der Waals surface area (Å²) in [6.45, 7) is -8.79. The summed E-state index contributed by atoms with van der Waals surface area (Å²) in [5, 5.41) is 340. The molecular weight excluding hydrogens is 1730 g/mol. The van der Waals surface area contributed by atoms with Gasteiger partial charge in [0.15, 0.2) is 56.6 Å². The summed E-state index contributed by atoms with van der Waals surface area (Å²) in [4.78, 5) is 51.6. The van der Waals surface area contributed by atoms with Gasteiger partial charge >= 0.3 is 5.97 Å². The number of aliphatic hydroxyl groups excluding tert-OH is 29. The zero-order valence-electron chi connectivity index (χ0n) is 67.0. The Bertz CT molecular complexity index is 3420. The third kappa shape index (κ3) is 22.4. The molecule has 0 radical (unpaired) electrons. The first-order valence-corrected chi connectivity index (χ1v) is 39.9. The van der Waals surface area contributed by atoms with Gasteiger partial charge < -0.3 is 265 Å². The van der Waals surface area contributed by atoms with Crippen LogP contribution in [-0.4, -0.2) is 555 Å². The predicted molar refractivity (Wildman–Crippen MR) is 384 cm³/mol. The van der Waals surface area contributed by atoms with E-state index in [1.165, 1.54) is 0 Å². The Balaban J connectivity index is 0.975. The van der Waals surface area contributed by atoms with E-state index >= 15 is 0 Å². The molecule has 0 aromatic heterocycles. The number of hydrogen-bond acceptors (Lipinski definition) is 53. The first-order valence-electron chi connectivity index (χ1n) is 39.9. The van der Waals surface area contributed by atoms with E-state index in [2.05, 4.69) is 16.0 Å². The summed E-state index contributed by atoms with van der Waals surface area (Å²) in [7, 11) is 0. The fourth-order valence-corrected chi connectivity index (χ4v) is 16.2. The minimum absolute atomic E-state index is 0.813. The van der Waals surface area contributed by atoms with Crippen molar-refractivity contribution < 1.29 is 262 Å². The SMILES string of the molecule is CC(=O)N[C@@H]1[C@@H](O)[C@H](O[C@@H]2O[C@H](CO)[C@@H](O[C@@H]3O[C@H](CO[C@H]4O[C@H](CO[C@H]5O[C@H](CO)[C@@H](O)[C@H](O)[C@@H]5O)[C@@H](O)[C@H](O[C@H]5O[C@H](CO)[C@@H](O)[C@H](O)[C@@H]5O)[C@@H]4O)[C@@H](O)[C@H](O[C@H]4O[C@H](CO)[C@@H](O)[C@H](O)[C@@H]4O[C@@H]4O[C@H](CO)[C@@H](O[C@@H]5O[C@H](CO)[C@H](O)[C@H](O[C@]6(C(=O)O)C[C@H](O)[C@@H](N)[C@H]([C@H](O)[C@H](O)CO)O6)[C@H]5O)[C@H](O)[C@H]4NC(C)=O)[C@@H]3O)[C@H](O)[C@H]2NC(C)=O)[C@@H](CO)O[C@H]1O. The monoisotopic (exact) mass is 1850 g/mol. The molecule has 10 aliphatic rings. The highest BCUT2D eigenvalue weighted by Gasteiger charge is 2.64. The molecule has 10 aliphatic heterocycles. The van der Waals surface area contributed by atoms with E-state index in [9.17, 15) is 172 Å². The fourth-order valence-electron chi connectivity index (χ4n) is 16.2. The number of aliphatic hydroxyl groups is 29. The summed E-state index contributed by atoms with van der Waals surface area (Å²) in [6, 6.07) is -7.51. The van der Waals surface area contributed by atoms with E-state index in [1.54, 1.807) is 0 Å². The third-order valence-corrected chi connectivity index (χ3v) is 23.1. The summed E-state index contributed by atoms with van der Waals surface area (Å²) in [6.07, 6.45) is -102. The van der Waals surface area contributed by atoms with Crippen molar-refractivity contribution in [3.8, 4) is 0 Å². The summed E-state index contributed by atoms with van der Waals surface area (Å²) >= 11 is 0. The minimum atomic E-state index is -3.25. The van der Waals surface area contributed by atoms with Crippen molar-refractivity contribution in [1.29, 1.82) is 0 Å². The van der Waals surface area contributed by atoms with Crippen LogP contribution < -0.4 is 21.7 Å². The number of carboxylic acids is 1. The molecule has 3 amide bonds. The van der Waals surface area contributed by atoms with Crippen molar-refractivity contribution in [3.05, 3.63) is 0 Å². The lowest BCUT2D eigenvalue weighted by Gasteiger charge is -2.51. The maximum atomic E-state index is 13.2. The molecule has 10 fully saturated rings. The Morgan fingerprint density at radius 1 is 0.349 bits per heavy atom. The van der Waals surface area contributed by atoms with Gasteiger partial charge in [0.1, 0.15) is 238 Å². The molecule has 10 heterocycles. The number of aliphatic carboxylic acids is 1. The van der Waals surface area contributed by atoms with Crippen LogP contribution in [0, 0.1) is 0 Å². The number of carboxylic acid groups (broad SMARTS) is 1. The number of carbonyl (C=O) groups excluding carboxylic acids is 3. The summed E-state index contributed by atoms with van der Waals surface area (Å²) in [5.74, 6) is -8.23. The quantitative estimate of drug-likeness (QED) is 0.0284. The van der Waals surface area contributed by atoms with Gasteiger partial charge in [-0.05, 0) is 0 Å². The van der Waals surface area contributed by atoms with E-state index in [1.807, 2.05) is 0 Å². The maximum absolute atomic E-state index is 13.2. The van der Waals surface area contributed by atoms with E-state index in [0.717, 1.165) is 20.8 Å². The molecule has 35 N–H and O–H groups in total. The van der Waals surface area contributed by atoms with Crippen LogP contribution in [0.25, 0.3) is 0 Å². The van der Waals surface area contributed by atoms with E-state index < -0.39 is 409 Å². The second-order valence-electron chi connectivity index (χ2n) is 31.8. The second-order valence-corrected chi connectivity index (χ2v) is 31.8. The van der Waals surface area contributed by atoms with Gasteiger partial charge in [0, 0.05) is 27.2 Å². The normalized spacial score (nSPS) is 49.1. The lowest BCUT2D eigenvalue weighted by molar-refractivity contribution is -0.400.